The summed E-state index contributed by atoms with van der Waals surface area (Å²) in [5.41, 5.74) is 0. The maximum atomic E-state index is 3.97. The van der Waals surface area contributed by atoms with Crippen molar-refractivity contribution in [2.45, 2.75) is 52.2 Å². The SMILES string of the molecule is CC(C)S.CCCCC. The Morgan fingerprint density at radius 3 is 1.33 bits per heavy atom. The molecule has 0 radical (unpaired) electrons. The smallest absolute Gasteiger partial charge is 0.00399 e. The summed E-state index contributed by atoms with van der Waals surface area (Å²) in [6.07, 6.45) is 4.08. The largest absolute Gasteiger partial charge is 0.177 e. The highest BCUT2D eigenvalue weighted by Gasteiger charge is 1.69. The van der Waals surface area contributed by atoms with Gasteiger partial charge in [-0.15, -0.1) is 0 Å². The van der Waals surface area contributed by atoms with Gasteiger partial charge in [-0.2, -0.15) is 12.6 Å². The van der Waals surface area contributed by atoms with Crippen LogP contribution in [0.25, 0.3) is 0 Å². The second kappa shape index (κ2) is 11.2. The minimum absolute atomic E-state index is 0.528. The van der Waals surface area contributed by atoms with Crippen molar-refractivity contribution in [1.82, 2.24) is 0 Å². The minimum Gasteiger partial charge on any atom is -0.177 e. The Hall–Kier alpha value is 0.350. The summed E-state index contributed by atoms with van der Waals surface area (Å²) in [7, 11) is 0. The molecule has 0 atom stereocenters. The van der Waals surface area contributed by atoms with Crippen LogP contribution in [-0.4, -0.2) is 5.25 Å². The van der Waals surface area contributed by atoms with E-state index < -0.39 is 0 Å². The number of unbranched alkanes of at least 4 members (excludes halogenated alkanes) is 2. The quantitative estimate of drug-likeness (QED) is 0.569. The van der Waals surface area contributed by atoms with E-state index >= 15 is 0 Å². The maximum absolute atomic E-state index is 3.97. The Morgan fingerprint density at radius 2 is 1.33 bits per heavy atom. The highest BCUT2D eigenvalue weighted by atomic mass is 32.1. The second-order valence-corrected chi connectivity index (χ2v) is 3.48. The van der Waals surface area contributed by atoms with Gasteiger partial charge in [0.1, 0.15) is 0 Å². The topological polar surface area (TPSA) is 0 Å². The standard InChI is InChI=1S/C5H12.C3H8S/c1-3-5-4-2;1-3(2)4/h3-5H2,1-2H3;3-4H,1-2H3. The molecule has 58 valence electrons. The fourth-order valence-electron chi connectivity index (χ4n) is 0.354. The molecule has 0 fully saturated rings. The van der Waals surface area contributed by atoms with Gasteiger partial charge in [-0.3, -0.25) is 0 Å². The van der Waals surface area contributed by atoms with Crippen LogP contribution in [0.15, 0.2) is 0 Å². The Morgan fingerprint density at radius 1 is 1.11 bits per heavy atom. The van der Waals surface area contributed by atoms with E-state index in [0.717, 1.165) is 0 Å². The van der Waals surface area contributed by atoms with Crippen LogP contribution < -0.4 is 0 Å². The van der Waals surface area contributed by atoms with Gasteiger partial charge in [-0.1, -0.05) is 47.0 Å². The average Bonchev–Trinajstić information content (AvgIpc) is 1.66. The molecule has 0 N–H and O–H groups in total. The van der Waals surface area contributed by atoms with Gasteiger partial charge in [-0.25, -0.2) is 0 Å². The number of hydrogen-bond donors (Lipinski definition) is 1. The van der Waals surface area contributed by atoms with Gasteiger partial charge in [0, 0.05) is 0 Å². The zero-order valence-electron chi connectivity index (χ0n) is 7.15. The van der Waals surface area contributed by atoms with Crippen molar-refractivity contribution in [3.05, 3.63) is 0 Å². The van der Waals surface area contributed by atoms with Crippen LogP contribution in [0.3, 0.4) is 0 Å². The van der Waals surface area contributed by atoms with Gasteiger partial charge in [-0.05, 0) is 5.25 Å². The molecule has 0 amide bonds. The van der Waals surface area contributed by atoms with Gasteiger partial charge >= 0.3 is 0 Å². The van der Waals surface area contributed by atoms with Crippen LogP contribution in [0.5, 0.6) is 0 Å². The van der Waals surface area contributed by atoms with Crippen molar-refractivity contribution < 1.29 is 0 Å². The maximum Gasteiger partial charge on any atom is -0.00399 e. The summed E-state index contributed by atoms with van der Waals surface area (Å²) in [4.78, 5) is 0. The molecule has 0 bridgehead atoms. The first-order valence-corrected chi connectivity index (χ1v) is 4.34. The first kappa shape index (κ1) is 12.1. The Bertz CT molecular complexity index is 28.8. The summed E-state index contributed by atoms with van der Waals surface area (Å²) in [5, 5.41) is 0.528. The molecule has 1 heteroatoms. The summed E-state index contributed by atoms with van der Waals surface area (Å²) < 4.78 is 0. The van der Waals surface area contributed by atoms with E-state index in [0.29, 0.717) is 5.25 Å². The minimum atomic E-state index is 0.528. The first-order valence-electron chi connectivity index (χ1n) is 3.83. The van der Waals surface area contributed by atoms with E-state index in [1.165, 1.54) is 19.3 Å². The van der Waals surface area contributed by atoms with E-state index in [-0.39, 0.29) is 0 Å². The molecule has 0 aliphatic carbocycles. The van der Waals surface area contributed by atoms with Crippen LogP contribution in [0.2, 0.25) is 0 Å². The molecule has 0 aliphatic heterocycles. The Balaban J connectivity index is 0. The number of thiol groups is 1. The second-order valence-electron chi connectivity index (χ2n) is 2.45. The summed E-state index contributed by atoms with van der Waals surface area (Å²) in [6, 6.07) is 0. The van der Waals surface area contributed by atoms with Crippen molar-refractivity contribution in [3.63, 3.8) is 0 Å². The first-order chi connectivity index (χ1) is 4.15. The van der Waals surface area contributed by atoms with Crippen LogP contribution in [0.1, 0.15) is 47.0 Å². The molecule has 0 rings (SSSR count). The molecule has 0 spiro atoms. The van der Waals surface area contributed by atoms with Gasteiger partial charge in [0.15, 0.2) is 0 Å². The van der Waals surface area contributed by atoms with Crippen LogP contribution in [0, 0.1) is 0 Å². The zero-order valence-corrected chi connectivity index (χ0v) is 8.04. The van der Waals surface area contributed by atoms with E-state index in [1.807, 2.05) is 13.8 Å². The van der Waals surface area contributed by atoms with E-state index in [9.17, 15) is 0 Å². The third kappa shape index (κ3) is 61.0. The zero-order chi connectivity index (χ0) is 7.70. The third-order valence-corrected chi connectivity index (χ3v) is 0.707. The van der Waals surface area contributed by atoms with Crippen LogP contribution >= 0.6 is 12.6 Å². The number of hydrogen-bond acceptors (Lipinski definition) is 1. The molecular formula is C8H20S. The van der Waals surface area contributed by atoms with Crippen molar-refractivity contribution in [2.75, 3.05) is 0 Å². The average molecular weight is 148 g/mol. The molecule has 0 unspecified atom stereocenters. The fraction of sp³-hybridized carbons (Fsp3) is 1.00. The van der Waals surface area contributed by atoms with Crippen molar-refractivity contribution >= 4 is 12.6 Å². The molecule has 0 aromatic rings. The lowest BCUT2D eigenvalue weighted by atomic mass is 10.3. The van der Waals surface area contributed by atoms with E-state index in [2.05, 4.69) is 26.5 Å². The molecule has 9 heavy (non-hydrogen) atoms. The predicted molar refractivity (Wildman–Crippen MR) is 49.3 cm³/mol. The summed E-state index contributed by atoms with van der Waals surface area (Å²) >= 11 is 3.97. The van der Waals surface area contributed by atoms with Crippen molar-refractivity contribution in [2.24, 2.45) is 0 Å². The van der Waals surface area contributed by atoms with Gasteiger partial charge < -0.3 is 0 Å². The number of rotatable bonds is 2. The van der Waals surface area contributed by atoms with Crippen molar-refractivity contribution in [3.8, 4) is 0 Å². The summed E-state index contributed by atoms with van der Waals surface area (Å²) in [6.45, 7) is 8.49. The molecule has 0 aromatic carbocycles. The lowest BCUT2D eigenvalue weighted by Crippen LogP contribution is -1.71. The fourth-order valence-corrected chi connectivity index (χ4v) is 0.354. The molecule has 0 saturated carbocycles. The molecule has 0 aliphatic rings. The van der Waals surface area contributed by atoms with Crippen LogP contribution in [-0.2, 0) is 0 Å². The highest BCUT2D eigenvalue weighted by molar-refractivity contribution is 7.80. The molecular weight excluding hydrogens is 128 g/mol. The Kier molecular flexibility index (Phi) is 15.0. The predicted octanol–water partition coefficient (Wildman–Crippen LogP) is 3.52. The molecule has 0 saturated heterocycles. The lowest BCUT2D eigenvalue weighted by molar-refractivity contribution is 0.772. The summed E-state index contributed by atoms with van der Waals surface area (Å²) in [5.74, 6) is 0. The van der Waals surface area contributed by atoms with Crippen LogP contribution in [0.4, 0.5) is 0 Å². The van der Waals surface area contributed by atoms with E-state index in [4.69, 9.17) is 0 Å². The third-order valence-electron chi connectivity index (χ3n) is 0.707. The van der Waals surface area contributed by atoms with E-state index in [1.54, 1.807) is 0 Å². The Labute approximate surface area is 65.5 Å². The normalized spacial score (nSPS) is 8.67. The monoisotopic (exact) mass is 148 g/mol. The molecule has 0 aromatic heterocycles. The lowest BCUT2D eigenvalue weighted by Gasteiger charge is -1.79. The van der Waals surface area contributed by atoms with Crippen molar-refractivity contribution in [1.29, 1.82) is 0 Å². The van der Waals surface area contributed by atoms with Gasteiger partial charge in [0.05, 0.1) is 0 Å². The van der Waals surface area contributed by atoms with Gasteiger partial charge in [0.2, 0.25) is 0 Å². The highest BCUT2D eigenvalue weighted by Crippen LogP contribution is 1.88. The molecule has 0 heterocycles. The van der Waals surface area contributed by atoms with Gasteiger partial charge in [0.25, 0.3) is 0 Å². The molecule has 0 nitrogen and oxygen atoms in total.